The van der Waals surface area contributed by atoms with Crippen LogP contribution in [0.25, 0.3) is 0 Å². The monoisotopic (exact) mass is 280 g/mol. The average Bonchev–Trinajstić information content (AvgIpc) is 2.68. The van der Waals surface area contributed by atoms with E-state index in [2.05, 4.69) is 32.6 Å². The molecule has 4 atom stereocenters. The molecule has 2 N–H and O–H groups in total. The van der Waals surface area contributed by atoms with Crippen LogP contribution in [0, 0.1) is 23.7 Å². The van der Waals surface area contributed by atoms with Gasteiger partial charge in [0.05, 0.1) is 0 Å². The second kappa shape index (κ2) is 6.79. The highest BCUT2D eigenvalue weighted by atomic mass is 15.2. The second-order valence-corrected chi connectivity index (χ2v) is 8.02. The van der Waals surface area contributed by atoms with E-state index in [0.717, 1.165) is 30.2 Å². The predicted octanol–water partition coefficient (Wildman–Crippen LogP) is 3.90. The van der Waals surface area contributed by atoms with E-state index in [1.165, 1.54) is 51.6 Å². The van der Waals surface area contributed by atoms with E-state index in [0.29, 0.717) is 5.54 Å². The molecule has 2 rings (SSSR count). The highest BCUT2D eigenvalue weighted by Gasteiger charge is 2.44. The summed E-state index contributed by atoms with van der Waals surface area (Å²) in [5.74, 6) is 3.37. The van der Waals surface area contributed by atoms with Gasteiger partial charge < -0.3 is 5.73 Å². The van der Waals surface area contributed by atoms with E-state index in [1.54, 1.807) is 0 Å². The topological polar surface area (TPSA) is 29.3 Å². The van der Waals surface area contributed by atoms with Gasteiger partial charge in [0.25, 0.3) is 0 Å². The van der Waals surface area contributed by atoms with Crippen molar-refractivity contribution in [2.24, 2.45) is 29.4 Å². The van der Waals surface area contributed by atoms with Crippen LogP contribution < -0.4 is 5.73 Å². The number of nitrogens with two attached hydrogens (primary N) is 1. The minimum absolute atomic E-state index is 0.295. The SMILES string of the molecule is CC1CCC(C)C(CN)(N2CCCC(C(C)C)CC2)C1. The molecular weight excluding hydrogens is 244 g/mol. The standard InChI is InChI=1S/C18H36N2/c1-14(2)17-6-5-10-20(11-9-17)18(13-19)12-15(3)7-8-16(18)4/h14-17H,5-13,19H2,1-4H3. The largest absolute Gasteiger partial charge is 0.329 e. The molecule has 2 fully saturated rings. The molecule has 2 nitrogen and oxygen atoms in total. The van der Waals surface area contributed by atoms with E-state index < -0.39 is 0 Å². The van der Waals surface area contributed by atoms with Crippen molar-refractivity contribution in [3.8, 4) is 0 Å². The van der Waals surface area contributed by atoms with Gasteiger partial charge in [-0.15, -0.1) is 0 Å². The summed E-state index contributed by atoms with van der Waals surface area (Å²) in [7, 11) is 0. The molecule has 1 heterocycles. The lowest BCUT2D eigenvalue weighted by Crippen LogP contribution is -2.60. The van der Waals surface area contributed by atoms with Gasteiger partial charge in [-0.1, -0.05) is 34.1 Å². The molecular formula is C18H36N2. The van der Waals surface area contributed by atoms with Crippen molar-refractivity contribution in [2.45, 2.75) is 71.8 Å². The summed E-state index contributed by atoms with van der Waals surface area (Å²) in [5.41, 5.74) is 6.62. The fourth-order valence-corrected chi connectivity index (χ4v) is 4.80. The molecule has 4 unspecified atom stereocenters. The lowest BCUT2D eigenvalue weighted by Gasteiger charge is -2.52. The fourth-order valence-electron chi connectivity index (χ4n) is 4.80. The maximum Gasteiger partial charge on any atom is 0.0359 e. The third kappa shape index (κ3) is 3.22. The summed E-state index contributed by atoms with van der Waals surface area (Å²) >= 11 is 0. The first kappa shape index (κ1) is 16.3. The van der Waals surface area contributed by atoms with Crippen LogP contribution in [0.3, 0.4) is 0 Å². The molecule has 0 spiro atoms. The molecule has 20 heavy (non-hydrogen) atoms. The molecule has 118 valence electrons. The van der Waals surface area contributed by atoms with Crippen LogP contribution in [0.4, 0.5) is 0 Å². The quantitative estimate of drug-likeness (QED) is 0.849. The third-order valence-corrected chi connectivity index (χ3v) is 6.41. The van der Waals surface area contributed by atoms with Crippen molar-refractivity contribution in [2.75, 3.05) is 19.6 Å². The van der Waals surface area contributed by atoms with Crippen LogP contribution in [0.2, 0.25) is 0 Å². The van der Waals surface area contributed by atoms with Crippen LogP contribution in [0.5, 0.6) is 0 Å². The van der Waals surface area contributed by atoms with E-state index in [4.69, 9.17) is 5.73 Å². The summed E-state index contributed by atoms with van der Waals surface area (Å²) in [6.45, 7) is 13.1. The zero-order valence-electron chi connectivity index (χ0n) is 14.2. The van der Waals surface area contributed by atoms with Crippen molar-refractivity contribution in [3.63, 3.8) is 0 Å². The maximum atomic E-state index is 6.33. The number of hydrogen-bond donors (Lipinski definition) is 1. The first-order valence-electron chi connectivity index (χ1n) is 8.94. The highest BCUT2D eigenvalue weighted by Crippen LogP contribution is 2.42. The zero-order chi connectivity index (χ0) is 14.8. The van der Waals surface area contributed by atoms with Crippen LogP contribution in [0.1, 0.15) is 66.2 Å². The molecule has 2 aliphatic rings. The summed E-state index contributed by atoms with van der Waals surface area (Å²) < 4.78 is 0. The first-order chi connectivity index (χ1) is 9.49. The van der Waals surface area contributed by atoms with E-state index >= 15 is 0 Å². The van der Waals surface area contributed by atoms with Crippen LogP contribution in [0.15, 0.2) is 0 Å². The molecule has 0 aromatic heterocycles. The molecule has 0 radical (unpaired) electrons. The van der Waals surface area contributed by atoms with Gasteiger partial charge in [0.1, 0.15) is 0 Å². The van der Waals surface area contributed by atoms with Gasteiger partial charge in [0.15, 0.2) is 0 Å². The van der Waals surface area contributed by atoms with E-state index in [9.17, 15) is 0 Å². The molecule has 1 aliphatic carbocycles. The zero-order valence-corrected chi connectivity index (χ0v) is 14.2. The highest BCUT2D eigenvalue weighted by molar-refractivity contribution is 5.00. The van der Waals surface area contributed by atoms with Gasteiger partial charge in [0.2, 0.25) is 0 Å². The minimum atomic E-state index is 0.295. The minimum Gasteiger partial charge on any atom is -0.329 e. The number of rotatable bonds is 3. The Morgan fingerprint density at radius 1 is 1.10 bits per heavy atom. The van der Waals surface area contributed by atoms with Crippen molar-refractivity contribution >= 4 is 0 Å². The van der Waals surface area contributed by atoms with Crippen molar-refractivity contribution < 1.29 is 0 Å². The van der Waals surface area contributed by atoms with Crippen molar-refractivity contribution in [3.05, 3.63) is 0 Å². The smallest absolute Gasteiger partial charge is 0.0359 e. The van der Waals surface area contributed by atoms with E-state index in [1.807, 2.05) is 0 Å². The molecule has 0 bridgehead atoms. The van der Waals surface area contributed by atoms with Gasteiger partial charge in [-0.25, -0.2) is 0 Å². The van der Waals surface area contributed by atoms with Gasteiger partial charge in [-0.05, 0) is 68.9 Å². The van der Waals surface area contributed by atoms with Gasteiger partial charge in [-0.2, -0.15) is 0 Å². The molecule has 0 aromatic rings. The molecule has 0 amide bonds. The summed E-state index contributed by atoms with van der Waals surface area (Å²) in [6.07, 6.45) is 8.23. The molecule has 1 saturated carbocycles. The average molecular weight is 280 g/mol. The van der Waals surface area contributed by atoms with Crippen molar-refractivity contribution in [1.82, 2.24) is 4.90 Å². The molecule has 0 aromatic carbocycles. The fraction of sp³-hybridized carbons (Fsp3) is 1.00. The number of likely N-dealkylation sites (tertiary alicyclic amines) is 1. The summed E-state index contributed by atoms with van der Waals surface area (Å²) in [5, 5.41) is 0. The normalized spacial score (nSPS) is 40.8. The summed E-state index contributed by atoms with van der Waals surface area (Å²) in [6, 6.07) is 0. The molecule has 1 aliphatic heterocycles. The third-order valence-electron chi connectivity index (χ3n) is 6.41. The predicted molar refractivity (Wildman–Crippen MR) is 87.7 cm³/mol. The number of hydrogen-bond acceptors (Lipinski definition) is 2. The van der Waals surface area contributed by atoms with Gasteiger partial charge in [-0.3, -0.25) is 4.90 Å². The summed E-state index contributed by atoms with van der Waals surface area (Å²) in [4.78, 5) is 2.80. The first-order valence-corrected chi connectivity index (χ1v) is 8.94. The maximum absolute atomic E-state index is 6.33. The van der Waals surface area contributed by atoms with Crippen LogP contribution >= 0.6 is 0 Å². The Labute approximate surface area is 126 Å². The molecule has 1 saturated heterocycles. The van der Waals surface area contributed by atoms with Gasteiger partial charge >= 0.3 is 0 Å². The Bertz CT molecular complexity index is 302. The van der Waals surface area contributed by atoms with Gasteiger partial charge in [0, 0.05) is 12.1 Å². The van der Waals surface area contributed by atoms with E-state index in [-0.39, 0.29) is 0 Å². The molecule has 2 heteroatoms. The Kier molecular flexibility index (Phi) is 5.53. The Balaban J connectivity index is 2.10. The van der Waals surface area contributed by atoms with Crippen molar-refractivity contribution in [1.29, 1.82) is 0 Å². The lowest BCUT2D eigenvalue weighted by molar-refractivity contribution is -0.00265. The number of nitrogens with zero attached hydrogens (tertiary/aromatic N) is 1. The second-order valence-electron chi connectivity index (χ2n) is 8.02. The Hall–Kier alpha value is -0.0800. The Morgan fingerprint density at radius 3 is 2.50 bits per heavy atom. The Morgan fingerprint density at radius 2 is 1.85 bits per heavy atom. The van der Waals surface area contributed by atoms with Crippen LogP contribution in [-0.2, 0) is 0 Å². The lowest BCUT2D eigenvalue weighted by atomic mass is 9.68. The van der Waals surface area contributed by atoms with Crippen LogP contribution in [-0.4, -0.2) is 30.1 Å².